The number of nitrogens with zero attached hydrogens (tertiary/aromatic N) is 4. The Morgan fingerprint density at radius 3 is 2.68 bits per heavy atom. The van der Waals surface area contributed by atoms with Gasteiger partial charge in [0.25, 0.3) is 0 Å². The van der Waals surface area contributed by atoms with Crippen molar-refractivity contribution in [3.63, 3.8) is 0 Å². The maximum Gasteiger partial charge on any atom is 0.330 e. The highest BCUT2D eigenvalue weighted by atomic mass is 16.5. The summed E-state index contributed by atoms with van der Waals surface area (Å²) in [4.78, 5) is 25.1. The summed E-state index contributed by atoms with van der Waals surface area (Å²) in [5.74, 6) is 0.520. The molecule has 0 atom stereocenters. The van der Waals surface area contributed by atoms with Gasteiger partial charge in [-0.15, -0.1) is 0 Å². The first kappa shape index (κ1) is 16.9. The van der Waals surface area contributed by atoms with Crippen molar-refractivity contribution in [2.24, 2.45) is 5.92 Å². The molecule has 1 N–H and O–H groups in total. The van der Waals surface area contributed by atoms with Crippen molar-refractivity contribution in [2.45, 2.75) is 20.3 Å². The van der Waals surface area contributed by atoms with Gasteiger partial charge in [0.1, 0.15) is 6.33 Å². The van der Waals surface area contributed by atoms with Gasteiger partial charge in [0.2, 0.25) is 0 Å². The summed E-state index contributed by atoms with van der Waals surface area (Å²) in [7, 11) is 1.51. The third-order valence-corrected chi connectivity index (χ3v) is 3.90. The number of carbonyl (C=O) groups is 1. The molecule has 7 heteroatoms. The van der Waals surface area contributed by atoms with E-state index in [0.29, 0.717) is 23.5 Å². The molecular weight excluding hydrogens is 318 g/mol. The van der Waals surface area contributed by atoms with E-state index in [1.165, 1.54) is 18.0 Å². The summed E-state index contributed by atoms with van der Waals surface area (Å²) in [6, 6.07) is 5.69. The number of ether oxygens (including phenoxy) is 1. The molecule has 0 fully saturated rings. The van der Waals surface area contributed by atoms with Crippen LogP contribution in [0.1, 0.15) is 20.3 Å². The molecule has 0 saturated carbocycles. The van der Waals surface area contributed by atoms with Gasteiger partial charge in [-0.2, -0.15) is 4.98 Å². The maximum atomic E-state index is 12.6. The number of hydrogen-bond acceptors (Lipinski definition) is 5. The average molecular weight is 339 g/mol. The monoisotopic (exact) mass is 339 g/mol. The van der Waals surface area contributed by atoms with Crippen molar-refractivity contribution in [3.05, 3.63) is 36.9 Å². The van der Waals surface area contributed by atoms with E-state index in [2.05, 4.69) is 34.1 Å². The number of imidazole rings is 1. The van der Waals surface area contributed by atoms with Crippen LogP contribution in [0.15, 0.2) is 36.9 Å². The standard InChI is InChI=1S/C18H21N5O2/c1-12(2)6-7-21-17(24)23-16-8-13(14-9-19-11-20-10-14)4-5-15(16)22-18(23)25-3/h4-5,8-12H,6-7H2,1-3H3,(H,21,24). The van der Waals surface area contributed by atoms with E-state index in [1.54, 1.807) is 12.4 Å². The van der Waals surface area contributed by atoms with Crippen molar-refractivity contribution >= 4 is 17.1 Å². The zero-order valence-corrected chi connectivity index (χ0v) is 14.6. The highest BCUT2D eigenvalue weighted by Crippen LogP contribution is 2.26. The van der Waals surface area contributed by atoms with Crippen LogP contribution in [0.25, 0.3) is 22.2 Å². The van der Waals surface area contributed by atoms with E-state index in [4.69, 9.17) is 4.74 Å². The van der Waals surface area contributed by atoms with Crippen LogP contribution in [0.3, 0.4) is 0 Å². The second kappa shape index (κ2) is 7.29. The molecule has 0 radical (unpaired) electrons. The molecule has 0 aliphatic carbocycles. The van der Waals surface area contributed by atoms with Gasteiger partial charge in [-0.25, -0.2) is 19.3 Å². The normalized spacial score (nSPS) is 11.0. The molecule has 1 aromatic carbocycles. The van der Waals surface area contributed by atoms with Crippen LogP contribution in [0, 0.1) is 5.92 Å². The lowest BCUT2D eigenvalue weighted by atomic mass is 10.1. The van der Waals surface area contributed by atoms with Gasteiger partial charge in [0.05, 0.1) is 18.1 Å². The Morgan fingerprint density at radius 1 is 1.24 bits per heavy atom. The molecule has 130 valence electrons. The summed E-state index contributed by atoms with van der Waals surface area (Å²) in [5.41, 5.74) is 3.15. The van der Waals surface area contributed by atoms with E-state index in [1.807, 2.05) is 18.2 Å². The van der Waals surface area contributed by atoms with Crippen LogP contribution in [-0.2, 0) is 0 Å². The van der Waals surface area contributed by atoms with Crippen molar-refractivity contribution < 1.29 is 9.53 Å². The Morgan fingerprint density at radius 2 is 2.00 bits per heavy atom. The molecule has 3 aromatic rings. The van der Waals surface area contributed by atoms with Crippen molar-refractivity contribution in [2.75, 3.05) is 13.7 Å². The van der Waals surface area contributed by atoms with Gasteiger partial charge in [0, 0.05) is 24.5 Å². The number of amides is 1. The number of aromatic nitrogens is 4. The number of methoxy groups -OCH3 is 1. The lowest BCUT2D eigenvalue weighted by Crippen LogP contribution is -2.30. The van der Waals surface area contributed by atoms with Crippen LogP contribution < -0.4 is 10.1 Å². The summed E-state index contributed by atoms with van der Waals surface area (Å²) >= 11 is 0. The Kier molecular flexibility index (Phi) is 4.92. The second-order valence-corrected chi connectivity index (χ2v) is 6.18. The number of nitrogens with one attached hydrogen (secondary N) is 1. The Hall–Kier alpha value is -2.96. The molecule has 0 saturated heterocycles. The van der Waals surface area contributed by atoms with Gasteiger partial charge in [-0.3, -0.25) is 0 Å². The number of carbonyl (C=O) groups excluding carboxylic acids is 1. The minimum atomic E-state index is -0.249. The molecule has 0 unspecified atom stereocenters. The average Bonchev–Trinajstić information content (AvgIpc) is 2.99. The van der Waals surface area contributed by atoms with E-state index < -0.39 is 0 Å². The van der Waals surface area contributed by atoms with Crippen LogP contribution in [0.4, 0.5) is 4.79 Å². The second-order valence-electron chi connectivity index (χ2n) is 6.18. The lowest BCUT2D eigenvalue weighted by molar-refractivity contribution is 0.238. The topological polar surface area (TPSA) is 81.9 Å². The van der Waals surface area contributed by atoms with Gasteiger partial charge < -0.3 is 10.1 Å². The number of fused-ring (bicyclic) bond motifs is 1. The van der Waals surface area contributed by atoms with Crippen LogP contribution in [0.2, 0.25) is 0 Å². The number of rotatable bonds is 5. The molecule has 2 aromatic heterocycles. The lowest BCUT2D eigenvalue weighted by Gasteiger charge is -2.10. The molecule has 0 bridgehead atoms. The Labute approximate surface area is 146 Å². The molecule has 2 heterocycles. The predicted molar refractivity (Wildman–Crippen MR) is 95.6 cm³/mol. The van der Waals surface area contributed by atoms with Gasteiger partial charge in [-0.1, -0.05) is 19.9 Å². The van der Waals surface area contributed by atoms with E-state index in [9.17, 15) is 4.79 Å². The number of benzene rings is 1. The fourth-order valence-electron chi connectivity index (χ4n) is 2.56. The summed E-state index contributed by atoms with van der Waals surface area (Å²) in [5, 5.41) is 2.92. The zero-order chi connectivity index (χ0) is 17.8. The first-order chi connectivity index (χ1) is 12.1. The highest BCUT2D eigenvalue weighted by molar-refractivity contribution is 5.93. The molecule has 0 spiro atoms. The van der Waals surface area contributed by atoms with Crippen LogP contribution in [0.5, 0.6) is 6.01 Å². The van der Waals surface area contributed by atoms with Gasteiger partial charge in [0.15, 0.2) is 0 Å². The smallest absolute Gasteiger partial charge is 0.330 e. The van der Waals surface area contributed by atoms with Gasteiger partial charge >= 0.3 is 12.0 Å². The zero-order valence-electron chi connectivity index (χ0n) is 14.6. The summed E-state index contributed by atoms with van der Waals surface area (Å²) in [6.07, 6.45) is 5.86. The minimum Gasteiger partial charge on any atom is -0.468 e. The minimum absolute atomic E-state index is 0.249. The van der Waals surface area contributed by atoms with Crippen molar-refractivity contribution in [3.8, 4) is 17.1 Å². The van der Waals surface area contributed by atoms with E-state index in [0.717, 1.165) is 17.5 Å². The van der Waals surface area contributed by atoms with Gasteiger partial charge in [-0.05, 0) is 30.0 Å². The van der Waals surface area contributed by atoms with Crippen LogP contribution >= 0.6 is 0 Å². The molecule has 0 aliphatic rings. The number of hydrogen-bond donors (Lipinski definition) is 1. The maximum absolute atomic E-state index is 12.6. The first-order valence-electron chi connectivity index (χ1n) is 8.20. The SMILES string of the molecule is COc1nc2ccc(-c3cncnc3)cc2n1C(=O)NCCC(C)C. The highest BCUT2D eigenvalue weighted by Gasteiger charge is 2.18. The van der Waals surface area contributed by atoms with Crippen molar-refractivity contribution in [1.82, 2.24) is 24.8 Å². The predicted octanol–water partition coefficient (Wildman–Crippen LogP) is 3.11. The molecular formula is C18H21N5O2. The van der Waals surface area contributed by atoms with E-state index >= 15 is 0 Å². The molecule has 25 heavy (non-hydrogen) atoms. The quantitative estimate of drug-likeness (QED) is 0.772. The third kappa shape index (κ3) is 3.60. The summed E-state index contributed by atoms with van der Waals surface area (Å²) in [6.45, 7) is 4.84. The fraction of sp³-hybridized carbons (Fsp3) is 0.333. The van der Waals surface area contributed by atoms with Crippen molar-refractivity contribution in [1.29, 1.82) is 0 Å². The van der Waals surface area contributed by atoms with Crippen LogP contribution in [-0.4, -0.2) is 39.2 Å². The molecule has 7 nitrogen and oxygen atoms in total. The first-order valence-corrected chi connectivity index (χ1v) is 8.20. The molecule has 1 amide bonds. The third-order valence-electron chi connectivity index (χ3n) is 3.90. The molecule has 0 aliphatic heterocycles. The summed E-state index contributed by atoms with van der Waals surface area (Å²) < 4.78 is 6.75. The van der Waals surface area contributed by atoms with E-state index in [-0.39, 0.29) is 12.0 Å². The molecule has 3 rings (SSSR count). The Bertz CT molecular complexity index is 874. The largest absolute Gasteiger partial charge is 0.468 e. The fourth-order valence-corrected chi connectivity index (χ4v) is 2.56. The Balaban J connectivity index is 1.99.